The fourth-order valence-electron chi connectivity index (χ4n) is 4.83. The van der Waals surface area contributed by atoms with E-state index in [4.69, 9.17) is 9.72 Å². The zero-order valence-corrected chi connectivity index (χ0v) is 16.6. The first-order valence-electron chi connectivity index (χ1n) is 10.7. The fraction of sp³-hybridized carbons (Fsp3) is 0.762. The van der Waals surface area contributed by atoms with E-state index in [0.29, 0.717) is 0 Å². The van der Waals surface area contributed by atoms with Crippen LogP contribution in [0.15, 0.2) is 6.20 Å². The Hall–Kier alpha value is -1.69. The molecule has 0 radical (unpaired) electrons. The summed E-state index contributed by atoms with van der Waals surface area (Å²) in [6.45, 7) is 5.84. The summed E-state index contributed by atoms with van der Waals surface area (Å²) in [7, 11) is 0. The molecule has 6 nitrogen and oxygen atoms in total. The molecule has 0 bridgehead atoms. The van der Waals surface area contributed by atoms with Gasteiger partial charge in [0.1, 0.15) is 0 Å². The molecule has 3 aliphatic rings. The zero-order chi connectivity index (χ0) is 18.8. The van der Waals surface area contributed by atoms with Crippen molar-refractivity contribution >= 4 is 11.9 Å². The highest BCUT2D eigenvalue weighted by Crippen LogP contribution is 2.31. The number of nitrogens with one attached hydrogen (secondary N) is 1. The molecule has 1 aliphatic heterocycles. The molecule has 3 atom stereocenters. The number of hydrogen-bond donors (Lipinski definition) is 1. The Labute approximate surface area is 162 Å². The number of morpholine rings is 1. The van der Waals surface area contributed by atoms with Gasteiger partial charge < -0.3 is 15.0 Å². The van der Waals surface area contributed by atoms with Gasteiger partial charge in [0.15, 0.2) is 0 Å². The molecule has 2 fully saturated rings. The average molecular weight is 373 g/mol. The van der Waals surface area contributed by atoms with Crippen molar-refractivity contribution < 1.29 is 9.53 Å². The number of rotatable bonds is 3. The van der Waals surface area contributed by atoms with Gasteiger partial charge in [-0.15, -0.1) is 0 Å². The van der Waals surface area contributed by atoms with E-state index in [0.717, 1.165) is 62.4 Å². The number of amides is 1. The smallest absolute Gasteiger partial charge is 0.225 e. The number of aryl methyl sites for hydroxylation is 1. The van der Waals surface area contributed by atoms with Crippen LogP contribution >= 0.6 is 0 Å². The second-order valence-electron chi connectivity index (χ2n) is 8.52. The Morgan fingerprint density at radius 1 is 1.11 bits per heavy atom. The average Bonchev–Trinajstić information content (AvgIpc) is 2.68. The molecule has 27 heavy (non-hydrogen) atoms. The van der Waals surface area contributed by atoms with Crippen LogP contribution in [-0.4, -0.2) is 41.2 Å². The van der Waals surface area contributed by atoms with Gasteiger partial charge >= 0.3 is 0 Å². The van der Waals surface area contributed by atoms with E-state index in [-0.39, 0.29) is 30.1 Å². The maximum atomic E-state index is 12.7. The first kappa shape index (κ1) is 18.7. The van der Waals surface area contributed by atoms with Crippen LogP contribution < -0.4 is 10.2 Å². The predicted octanol–water partition coefficient (Wildman–Crippen LogP) is 3.16. The zero-order valence-electron chi connectivity index (χ0n) is 16.6. The number of fused-ring (bicyclic) bond motifs is 1. The molecule has 4 rings (SSSR count). The summed E-state index contributed by atoms with van der Waals surface area (Å²) in [5, 5.41) is 3.31. The lowest BCUT2D eigenvalue weighted by Crippen LogP contribution is -2.46. The summed E-state index contributed by atoms with van der Waals surface area (Å²) in [6.07, 6.45) is 11.1. The van der Waals surface area contributed by atoms with Crippen molar-refractivity contribution in [1.29, 1.82) is 0 Å². The summed E-state index contributed by atoms with van der Waals surface area (Å²) < 4.78 is 5.82. The van der Waals surface area contributed by atoms with Gasteiger partial charge in [-0.25, -0.2) is 9.97 Å². The molecule has 1 saturated carbocycles. The van der Waals surface area contributed by atoms with Crippen LogP contribution in [0.25, 0.3) is 0 Å². The van der Waals surface area contributed by atoms with Gasteiger partial charge in [-0.3, -0.25) is 4.79 Å². The van der Waals surface area contributed by atoms with Gasteiger partial charge in [-0.05, 0) is 46.0 Å². The molecule has 1 aromatic heterocycles. The molecule has 0 unspecified atom stereocenters. The largest absolute Gasteiger partial charge is 0.372 e. The number of carbonyl (C=O) groups is 1. The number of carbonyl (C=O) groups excluding carboxylic acids is 1. The van der Waals surface area contributed by atoms with Crippen molar-refractivity contribution in [2.45, 2.75) is 83.5 Å². The van der Waals surface area contributed by atoms with Crippen LogP contribution in [0.4, 0.5) is 5.95 Å². The minimum Gasteiger partial charge on any atom is -0.372 e. The molecule has 6 heteroatoms. The second-order valence-corrected chi connectivity index (χ2v) is 8.52. The Morgan fingerprint density at radius 2 is 1.85 bits per heavy atom. The highest BCUT2D eigenvalue weighted by atomic mass is 16.5. The number of nitrogens with zero attached hydrogens (tertiary/aromatic N) is 3. The van der Waals surface area contributed by atoms with Gasteiger partial charge in [0.25, 0.3) is 0 Å². The Morgan fingerprint density at radius 3 is 2.59 bits per heavy atom. The third-order valence-corrected chi connectivity index (χ3v) is 6.16. The van der Waals surface area contributed by atoms with Crippen molar-refractivity contribution in [3.8, 4) is 0 Å². The minimum atomic E-state index is 0.0692. The fourth-order valence-corrected chi connectivity index (χ4v) is 4.83. The maximum Gasteiger partial charge on any atom is 0.225 e. The second kappa shape index (κ2) is 8.13. The Balaban J connectivity index is 1.47. The van der Waals surface area contributed by atoms with Gasteiger partial charge in [0.2, 0.25) is 11.9 Å². The van der Waals surface area contributed by atoms with Crippen LogP contribution in [0.3, 0.4) is 0 Å². The molecule has 1 aromatic rings. The lowest BCUT2D eigenvalue weighted by atomic mass is 9.87. The van der Waals surface area contributed by atoms with Gasteiger partial charge in [0, 0.05) is 30.8 Å². The molecule has 148 valence electrons. The van der Waals surface area contributed by atoms with Gasteiger partial charge in [0.05, 0.1) is 23.9 Å². The molecule has 0 aromatic carbocycles. The van der Waals surface area contributed by atoms with Gasteiger partial charge in [-0.1, -0.05) is 19.3 Å². The number of hydrogen-bond acceptors (Lipinski definition) is 5. The van der Waals surface area contributed by atoms with Crippen molar-refractivity contribution in [3.63, 3.8) is 0 Å². The van der Waals surface area contributed by atoms with E-state index in [2.05, 4.69) is 29.0 Å². The molecule has 0 spiro atoms. The highest BCUT2D eigenvalue weighted by molar-refractivity contribution is 5.79. The van der Waals surface area contributed by atoms with E-state index in [1.165, 1.54) is 19.3 Å². The summed E-state index contributed by atoms with van der Waals surface area (Å²) in [5.41, 5.74) is 2.22. The van der Waals surface area contributed by atoms with Crippen molar-refractivity contribution in [2.75, 3.05) is 18.0 Å². The Kier molecular flexibility index (Phi) is 5.62. The quantitative estimate of drug-likeness (QED) is 0.883. The summed E-state index contributed by atoms with van der Waals surface area (Å²) in [6, 6.07) is 0.0692. The normalized spacial score (nSPS) is 29.3. The number of ether oxygens (including phenoxy) is 1. The minimum absolute atomic E-state index is 0.0692. The van der Waals surface area contributed by atoms with E-state index in [9.17, 15) is 4.79 Å². The first-order chi connectivity index (χ1) is 13.1. The molecule has 1 saturated heterocycles. The monoisotopic (exact) mass is 372 g/mol. The first-order valence-corrected chi connectivity index (χ1v) is 10.7. The molecule has 1 N–H and O–H groups in total. The van der Waals surface area contributed by atoms with Crippen LogP contribution in [0.1, 0.15) is 76.1 Å². The topological polar surface area (TPSA) is 67.4 Å². The van der Waals surface area contributed by atoms with Crippen molar-refractivity contribution in [1.82, 2.24) is 15.3 Å². The maximum absolute atomic E-state index is 12.7. The van der Waals surface area contributed by atoms with Crippen molar-refractivity contribution in [3.05, 3.63) is 17.5 Å². The van der Waals surface area contributed by atoms with Crippen LogP contribution in [-0.2, 0) is 16.0 Å². The van der Waals surface area contributed by atoms with E-state index in [1.807, 2.05) is 6.20 Å². The van der Waals surface area contributed by atoms with E-state index in [1.54, 1.807) is 0 Å². The standard InChI is InChI=1S/C21H32N4O2/c1-14-12-25(13-15(2)27-14)21-22-11-17-18(9-6-10-19(17)24-21)23-20(26)16-7-4-3-5-8-16/h11,14-16,18H,3-10,12-13H2,1-2H3,(H,23,26)/t14-,15-,18-/m1/s1. The predicted molar refractivity (Wildman–Crippen MR) is 105 cm³/mol. The highest BCUT2D eigenvalue weighted by Gasteiger charge is 2.29. The summed E-state index contributed by atoms with van der Waals surface area (Å²) in [4.78, 5) is 24.5. The lowest BCUT2D eigenvalue weighted by Gasteiger charge is -2.36. The number of aromatic nitrogens is 2. The third-order valence-electron chi connectivity index (χ3n) is 6.16. The van der Waals surface area contributed by atoms with Crippen LogP contribution in [0, 0.1) is 5.92 Å². The van der Waals surface area contributed by atoms with Crippen LogP contribution in [0.5, 0.6) is 0 Å². The lowest BCUT2D eigenvalue weighted by molar-refractivity contribution is -0.126. The SMILES string of the molecule is C[C@@H]1CN(c2ncc3c(n2)CCC[C@H]3NC(=O)C2CCCCC2)C[C@@H](C)O1. The molecule has 2 aliphatic carbocycles. The van der Waals surface area contributed by atoms with E-state index >= 15 is 0 Å². The summed E-state index contributed by atoms with van der Waals surface area (Å²) in [5.74, 6) is 1.23. The Bertz CT molecular complexity index is 664. The van der Waals surface area contributed by atoms with Crippen molar-refractivity contribution in [2.24, 2.45) is 5.92 Å². The van der Waals surface area contributed by atoms with Gasteiger partial charge in [-0.2, -0.15) is 0 Å². The molecule has 1 amide bonds. The third kappa shape index (κ3) is 4.26. The molecular formula is C21H32N4O2. The summed E-state index contributed by atoms with van der Waals surface area (Å²) >= 11 is 0. The number of anilines is 1. The van der Waals surface area contributed by atoms with Crippen LogP contribution in [0.2, 0.25) is 0 Å². The molecular weight excluding hydrogens is 340 g/mol. The molecule has 2 heterocycles. The van der Waals surface area contributed by atoms with E-state index < -0.39 is 0 Å².